The highest BCUT2D eigenvalue weighted by atomic mass is 15.2. The first kappa shape index (κ1) is 13.7. The van der Waals surface area contributed by atoms with E-state index in [9.17, 15) is 0 Å². The predicted octanol–water partition coefficient (Wildman–Crippen LogP) is 2.35. The molecule has 1 aromatic heterocycles. The van der Waals surface area contributed by atoms with Gasteiger partial charge in [-0.3, -0.25) is 5.10 Å². The van der Waals surface area contributed by atoms with E-state index in [1.165, 1.54) is 5.56 Å². The highest BCUT2D eigenvalue weighted by molar-refractivity contribution is 5.15. The van der Waals surface area contributed by atoms with Crippen LogP contribution >= 0.6 is 0 Å². The summed E-state index contributed by atoms with van der Waals surface area (Å²) in [5.74, 6) is 0.970. The van der Waals surface area contributed by atoms with Crippen LogP contribution in [0, 0.1) is 0 Å². The number of aryl methyl sites for hydroxylation is 1. The number of benzene rings is 1. The molecule has 2 N–H and O–H groups in total. The fourth-order valence-corrected chi connectivity index (χ4v) is 2.17. The number of aromatic nitrogens is 3. The number of hydrogen-bond acceptors (Lipinski definition) is 3. The molecular weight excluding hydrogens is 236 g/mol. The normalized spacial score (nSPS) is 12.5. The summed E-state index contributed by atoms with van der Waals surface area (Å²) in [7, 11) is 0. The van der Waals surface area contributed by atoms with Crippen molar-refractivity contribution in [3.63, 3.8) is 0 Å². The van der Waals surface area contributed by atoms with Crippen LogP contribution in [0.5, 0.6) is 0 Å². The van der Waals surface area contributed by atoms with E-state index in [1.807, 2.05) is 0 Å². The SMILES string of the molecule is CCC(Cc1ccccc1)NCCCc1ncn[nH]1. The van der Waals surface area contributed by atoms with Gasteiger partial charge in [0.2, 0.25) is 0 Å². The second kappa shape index (κ2) is 7.69. The fraction of sp³-hybridized carbons (Fsp3) is 0.467. The van der Waals surface area contributed by atoms with Crippen LogP contribution in [-0.2, 0) is 12.8 Å². The Morgan fingerprint density at radius 2 is 2.11 bits per heavy atom. The first-order valence-corrected chi connectivity index (χ1v) is 7.00. The quantitative estimate of drug-likeness (QED) is 0.715. The molecule has 2 rings (SSSR count). The molecule has 102 valence electrons. The maximum absolute atomic E-state index is 4.13. The molecule has 0 aliphatic carbocycles. The molecular formula is C15H22N4. The zero-order valence-electron chi connectivity index (χ0n) is 11.5. The second-order valence-corrected chi connectivity index (χ2v) is 4.78. The van der Waals surface area contributed by atoms with Gasteiger partial charge in [-0.05, 0) is 31.4 Å². The Balaban J connectivity index is 1.68. The minimum atomic E-state index is 0.553. The van der Waals surface area contributed by atoms with E-state index in [0.717, 1.165) is 38.1 Å². The van der Waals surface area contributed by atoms with E-state index < -0.39 is 0 Å². The highest BCUT2D eigenvalue weighted by Crippen LogP contribution is 2.05. The number of nitrogens with zero attached hydrogens (tertiary/aromatic N) is 2. The molecule has 1 unspecified atom stereocenters. The average Bonchev–Trinajstić information content (AvgIpc) is 2.96. The van der Waals surface area contributed by atoms with Crippen LogP contribution in [0.1, 0.15) is 31.2 Å². The van der Waals surface area contributed by atoms with Gasteiger partial charge < -0.3 is 5.32 Å². The molecule has 0 saturated carbocycles. The predicted molar refractivity (Wildman–Crippen MR) is 76.9 cm³/mol. The highest BCUT2D eigenvalue weighted by Gasteiger charge is 2.06. The Kier molecular flexibility index (Phi) is 5.56. The van der Waals surface area contributed by atoms with Gasteiger partial charge in [0.15, 0.2) is 0 Å². The lowest BCUT2D eigenvalue weighted by Crippen LogP contribution is -2.31. The van der Waals surface area contributed by atoms with E-state index in [-0.39, 0.29) is 0 Å². The first-order valence-electron chi connectivity index (χ1n) is 7.00. The molecule has 0 radical (unpaired) electrons. The smallest absolute Gasteiger partial charge is 0.137 e. The molecule has 0 bridgehead atoms. The van der Waals surface area contributed by atoms with Crippen molar-refractivity contribution in [3.05, 3.63) is 48.0 Å². The number of hydrogen-bond donors (Lipinski definition) is 2. The third kappa shape index (κ3) is 4.83. The first-order chi connectivity index (χ1) is 9.38. The molecule has 4 heteroatoms. The molecule has 2 aromatic rings. The van der Waals surface area contributed by atoms with Gasteiger partial charge >= 0.3 is 0 Å². The summed E-state index contributed by atoms with van der Waals surface area (Å²) in [6.07, 6.45) is 5.85. The van der Waals surface area contributed by atoms with Crippen molar-refractivity contribution in [2.75, 3.05) is 6.54 Å². The van der Waals surface area contributed by atoms with Gasteiger partial charge in [-0.1, -0.05) is 37.3 Å². The zero-order chi connectivity index (χ0) is 13.3. The lowest BCUT2D eigenvalue weighted by atomic mass is 10.0. The van der Waals surface area contributed by atoms with Gasteiger partial charge in [-0.2, -0.15) is 5.10 Å². The van der Waals surface area contributed by atoms with Gasteiger partial charge in [0.1, 0.15) is 12.2 Å². The van der Waals surface area contributed by atoms with Crippen molar-refractivity contribution in [2.45, 2.75) is 38.6 Å². The summed E-state index contributed by atoms with van der Waals surface area (Å²) in [4.78, 5) is 4.13. The third-order valence-electron chi connectivity index (χ3n) is 3.31. The summed E-state index contributed by atoms with van der Waals surface area (Å²) in [6, 6.07) is 11.2. The summed E-state index contributed by atoms with van der Waals surface area (Å²) in [5.41, 5.74) is 1.40. The van der Waals surface area contributed by atoms with E-state index in [0.29, 0.717) is 6.04 Å². The Morgan fingerprint density at radius 3 is 2.79 bits per heavy atom. The van der Waals surface area contributed by atoms with Crippen LogP contribution in [0.3, 0.4) is 0 Å². The lowest BCUT2D eigenvalue weighted by Gasteiger charge is -2.16. The molecule has 0 amide bonds. The molecule has 0 fully saturated rings. The van der Waals surface area contributed by atoms with Gasteiger partial charge in [0, 0.05) is 12.5 Å². The van der Waals surface area contributed by atoms with Gasteiger partial charge in [-0.25, -0.2) is 4.98 Å². The molecule has 19 heavy (non-hydrogen) atoms. The van der Waals surface area contributed by atoms with Crippen LogP contribution in [0.15, 0.2) is 36.7 Å². The lowest BCUT2D eigenvalue weighted by molar-refractivity contribution is 0.486. The molecule has 0 aliphatic rings. The fourth-order valence-electron chi connectivity index (χ4n) is 2.17. The summed E-state index contributed by atoms with van der Waals surface area (Å²) in [5, 5.41) is 10.4. The Hall–Kier alpha value is -1.68. The molecule has 0 aliphatic heterocycles. The zero-order valence-corrected chi connectivity index (χ0v) is 11.5. The van der Waals surface area contributed by atoms with E-state index in [2.05, 4.69) is 57.8 Å². The maximum Gasteiger partial charge on any atom is 0.137 e. The molecule has 1 atom stereocenters. The average molecular weight is 258 g/mol. The molecule has 0 spiro atoms. The van der Waals surface area contributed by atoms with E-state index >= 15 is 0 Å². The Labute approximate surface area is 114 Å². The summed E-state index contributed by atoms with van der Waals surface area (Å²) in [6.45, 7) is 3.25. The minimum absolute atomic E-state index is 0.553. The largest absolute Gasteiger partial charge is 0.314 e. The van der Waals surface area contributed by atoms with Crippen LogP contribution < -0.4 is 5.32 Å². The summed E-state index contributed by atoms with van der Waals surface area (Å²) < 4.78 is 0. The topological polar surface area (TPSA) is 53.6 Å². The third-order valence-corrected chi connectivity index (χ3v) is 3.31. The van der Waals surface area contributed by atoms with Gasteiger partial charge in [0.25, 0.3) is 0 Å². The van der Waals surface area contributed by atoms with Crippen LogP contribution in [0.25, 0.3) is 0 Å². The minimum Gasteiger partial charge on any atom is -0.314 e. The summed E-state index contributed by atoms with van der Waals surface area (Å²) >= 11 is 0. The van der Waals surface area contributed by atoms with Gasteiger partial charge in [-0.15, -0.1) is 0 Å². The Morgan fingerprint density at radius 1 is 1.26 bits per heavy atom. The molecule has 4 nitrogen and oxygen atoms in total. The molecule has 1 heterocycles. The second-order valence-electron chi connectivity index (χ2n) is 4.78. The van der Waals surface area contributed by atoms with Crippen molar-refractivity contribution >= 4 is 0 Å². The van der Waals surface area contributed by atoms with Crippen LogP contribution in [-0.4, -0.2) is 27.8 Å². The maximum atomic E-state index is 4.13. The van der Waals surface area contributed by atoms with Crippen LogP contribution in [0.2, 0.25) is 0 Å². The Bertz CT molecular complexity index is 438. The van der Waals surface area contributed by atoms with Crippen molar-refractivity contribution in [3.8, 4) is 0 Å². The van der Waals surface area contributed by atoms with Crippen molar-refractivity contribution in [2.24, 2.45) is 0 Å². The monoisotopic (exact) mass is 258 g/mol. The van der Waals surface area contributed by atoms with E-state index in [1.54, 1.807) is 6.33 Å². The number of aromatic amines is 1. The molecule has 1 aromatic carbocycles. The number of nitrogens with one attached hydrogen (secondary N) is 2. The number of H-pyrrole nitrogens is 1. The van der Waals surface area contributed by atoms with Crippen molar-refractivity contribution < 1.29 is 0 Å². The van der Waals surface area contributed by atoms with Gasteiger partial charge in [0.05, 0.1) is 0 Å². The standard InChI is InChI=1S/C15H22N4/c1-2-14(11-13-7-4-3-5-8-13)16-10-6-9-15-17-12-18-19-15/h3-5,7-8,12,14,16H,2,6,9-11H2,1H3,(H,17,18,19). The van der Waals surface area contributed by atoms with Crippen molar-refractivity contribution in [1.29, 1.82) is 0 Å². The van der Waals surface area contributed by atoms with E-state index in [4.69, 9.17) is 0 Å². The number of rotatable bonds is 8. The molecule has 0 saturated heterocycles. The van der Waals surface area contributed by atoms with Crippen LogP contribution in [0.4, 0.5) is 0 Å². The van der Waals surface area contributed by atoms with Crippen molar-refractivity contribution in [1.82, 2.24) is 20.5 Å².